The van der Waals surface area contributed by atoms with Crippen molar-refractivity contribution >= 4 is 5.82 Å². The second-order valence-corrected chi connectivity index (χ2v) is 5.32. The zero-order valence-corrected chi connectivity index (χ0v) is 11.6. The molecule has 0 unspecified atom stereocenters. The van der Waals surface area contributed by atoms with E-state index in [9.17, 15) is 0 Å². The van der Waals surface area contributed by atoms with Crippen molar-refractivity contribution in [1.29, 1.82) is 0 Å². The molecule has 2 rings (SSSR count). The third-order valence-electron chi connectivity index (χ3n) is 4.16. The van der Waals surface area contributed by atoms with Crippen molar-refractivity contribution in [2.24, 2.45) is 5.92 Å². The third-order valence-corrected chi connectivity index (χ3v) is 4.16. The molecule has 1 aromatic heterocycles. The van der Waals surface area contributed by atoms with Gasteiger partial charge in [0.1, 0.15) is 5.82 Å². The minimum absolute atomic E-state index is 0.687. The highest BCUT2D eigenvalue weighted by Gasteiger charge is 2.31. The Morgan fingerprint density at radius 3 is 2.94 bits per heavy atom. The van der Waals surface area contributed by atoms with Crippen LogP contribution in [0.5, 0.6) is 0 Å². The maximum absolute atomic E-state index is 4.58. The van der Waals surface area contributed by atoms with Gasteiger partial charge in [-0.2, -0.15) is 0 Å². The SMILES string of the molecule is C=CCCc1cccnc1N(C)C1CC(CC)C1. The molecule has 2 heteroatoms. The van der Waals surface area contributed by atoms with Gasteiger partial charge in [-0.05, 0) is 43.2 Å². The molecule has 1 aliphatic rings. The number of allylic oxidation sites excluding steroid dienone is 1. The van der Waals surface area contributed by atoms with Crippen LogP contribution in [0.2, 0.25) is 0 Å². The largest absolute Gasteiger partial charge is 0.356 e. The van der Waals surface area contributed by atoms with Crippen LogP contribution in [0.1, 0.15) is 38.2 Å². The van der Waals surface area contributed by atoms with E-state index >= 15 is 0 Å². The number of hydrogen-bond acceptors (Lipinski definition) is 2. The molecule has 0 aliphatic heterocycles. The zero-order chi connectivity index (χ0) is 13.0. The van der Waals surface area contributed by atoms with Crippen molar-refractivity contribution in [3.05, 3.63) is 36.5 Å². The van der Waals surface area contributed by atoms with Gasteiger partial charge >= 0.3 is 0 Å². The molecule has 0 radical (unpaired) electrons. The third kappa shape index (κ3) is 2.74. The first kappa shape index (κ1) is 13.1. The van der Waals surface area contributed by atoms with Crippen molar-refractivity contribution in [2.45, 2.75) is 45.1 Å². The Hall–Kier alpha value is -1.31. The molecule has 1 aliphatic carbocycles. The molecule has 0 spiro atoms. The number of rotatable bonds is 6. The number of hydrogen-bond donors (Lipinski definition) is 0. The summed E-state index contributed by atoms with van der Waals surface area (Å²) in [7, 11) is 2.19. The molecule has 1 aromatic rings. The molecular formula is C16H24N2. The van der Waals surface area contributed by atoms with Crippen LogP contribution in [0, 0.1) is 5.92 Å². The summed E-state index contributed by atoms with van der Waals surface area (Å²) in [6.45, 7) is 6.09. The van der Waals surface area contributed by atoms with Crippen molar-refractivity contribution in [2.75, 3.05) is 11.9 Å². The summed E-state index contributed by atoms with van der Waals surface area (Å²) >= 11 is 0. The molecule has 0 amide bonds. The summed E-state index contributed by atoms with van der Waals surface area (Å²) in [6, 6.07) is 4.91. The van der Waals surface area contributed by atoms with E-state index in [0.717, 1.165) is 18.8 Å². The van der Waals surface area contributed by atoms with Crippen LogP contribution >= 0.6 is 0 Å². The fourth-order valence-corrected chi connectivity index (χ4v) is 2.72. The standard InChI is InChI=1S/C16H24N2/c1-4-6-8-14-9-7-10-17-16(14)18(3)15-11-13(5-2)12-15/h4,7,9-10,13,15H,1,5-6,8,11-12H2,2-3H3. The predicted molar refractivity (Wildman–Crippen MR) is 78.0 cm³/mol. The highest BCUT2D eigenvalue weighted by Crippen LogP contribution is 2.35. The molecule has 0 N–H and O–H groups in total. The van der Waals surface area contributed by atoms with Gasteiger partial charge in [-0.1, -0.05) is 25.5 Å². The van der Waals surface area contributed by atoms with E-state index in [2.05, 4.69) is 36.5 Å². The van der Waals surface area contributed by atoms with Crippen LogP contribution < -0.4 is 4.90 Å². The van der Waals surface area contributed by atoms with Crippen LogP contribution in [-0.2, 0) is 6.42 Å². The van der Waals surface area contributed by atoms with Gasteiger partial charge in [-0.3, -0.25) is 0 Å². The number of nitrogens with zero attached hydrogens (tertiary/aromatic N) is 2. The van der Waals surface area contributed by atoms with E-state index in [0.29, 0.717) is 6.04 Å². The summed E-state index contributed by atoms with van der Waals surface area (Å²) in [5, 5.41) is 0. The number of pyridine rings is 1. The van der Waals surface area contributed by atoms with Crippen molar-refractivity contribution in [3.8, 4) is 0 Å². The van der Waals surface area contributed by atoms with Crippen LogP contribution in [0.25, 0.3) is 0 Å². The van der Waals surface area contributed by atoms with Gasteiger partial charge in [0, 0.05) is 19.3 Å². The molecule has 18 heavy (non-hydrogen) atoms. The molecule has 2 nitrogen and oxygen atoms in total. The second kappa shape index (κ2) is 6.03. The summed E-state index contributed by atoms with van der Waals surface area (Å²) in [5.41, 5.74) is 1.35. The second-order valence-electron chi connectivity index (χ2n) is 5.32. The number of anilines is 1. The topological polar surface area (TPSA) is 16.1 Å². The van der Waals surface area contributed by atoms with Crippen molar-refractivity contribution in [3.63, 3.8) is 0 Å². The highest BCUT2D eigenvalue weighted by molar-refractivity contribution is 5.47. The summed E-state index contributed by atoms with van der Waals surface area (Å²) in [6.07, 6.45) is 9.91. The van der Waals surface area contributed by atoms with Crippen molar-refractivity contribution < 1.29 is 0 Å². The van der Waals surface area contributed by atoms with Crippen LogP contribution in [0.15, 0.2) is 31.0 Å². The quantitative estimate of drug-likeness (QED) is 0.707. The van der Waals surface area contributed by atoms with E-state index in [1.807, 2.05) is 18.3 Å². The Morgan fingerprint density at radius 2 is 2.28 bits per heavy atom. The fourth-order valence-electron chi connectivity index (χ4n) is 2.72. The maximum atomic E-state index is 4.58. The lowest BCUT2D eigenvalue weighted by Gasteiger charge is -2.42. The summed E-state index contributed by atoms with van der Waals surface area (Å²) in [4.78, 5) is 6.96. The van der Waals surface area contributed by atoms with Gasteiger partial charge in [0.15, 0.2) is 0 Å². The maximum Gasteiger partial charge on any atom is 0.131 e. The lowest BCUT2D eigenvalue weighted by atomic mass is 9.78. The Balaban J connectivity index is 2.05. The Labute approximate surface area is 111 Å². The zero-order valence-electron chi connectivity index (χ0n) is 11.6. The van der Waals surface area contributed by atoms with Gasteiger partial charge in [0.2, 0.25) is 0 Å². The molecule has 98 valence electrons. The lowest BCUT2D eigenvalue weighted by Crippen LogP contribution is -2.43. The Bertz CT molecular complexity index is 394. The van der Waals surface area contributed by atoms with E-state index in [1.165, 1.54) is 30.6 Å². The van der Waals surface area contributed by atoms with E-state index in [-0.39, 0.29) is 0 Å². The van der Waals surface area contributed by atoms with E-state index < -0.39 is 0 Å². The monoisotopic (exact) mass is 244 g/mol. The van der Waals surface area contributed by atoms with Crippen LogP contribution in [-0.4, -0.2) is 18.1 Å². The molecule has 0 bridgehead atoms. The summed E-state index contributed by atoms with van der Waals surface area (Å²) in [5.74, 6) is 2.09. The average molecular weight is 244 g/mol. The molecule has 0 aromatic carbocycles. The minimum Gasteiger partial charge on any atom is -0.356 e. The normalized spacial score (nSPS) is 22.3. The van der Waals surface area contributed by atoms with Gasteiger partial charge in [0.05, 0.1) is 0 Å². The lowest BCUT2D eigenvalue weighted by molar-refractivity contribution is 0.250. The Kier molecular flexibility index (Phi) is 4.40. The summed E-state index contributed by atoms with van der Waals surface area (Å²) < 4.78 is 0. The smallest absolute Gasteiger partial charge is 0.131 e. The molecule has 1 saturated carbocycles. The molecular weight excluding hydrogens is 220 g/mol. The average Bonchev–Trinajstić information content (AvgIpc) is 2.35. The van der Waals surface area contributed by atoms with Crippen molar-refractivity contribution in [1.82, 2.24) is 4.98 Å². The number of aromatic nitrogens is 1. The molecule has 0 atom stereocenters. The van der Waals surface area contributed by atoms with Crippen LogP contribution in [0.4, 0.5) is 5.82 Å². The van der Waals surface area contributed by atoms with Crippen LogP contribution in [0.3, 0.4) is 0 Å². The van der Waals surface area contributed by atoms with E-state index in [1.54, 1.807) is 0 Å². The molecule has 0 saturated heterocycles. The van der Waals surface area contributed by atoms with Gasteiger partial charge in [-0.25, -0.2) is 4.98 Å². The molecule has 1 fully saturated rings. The highest BCUT2D eigenvalue weighted by atomic mass is 15.2. The fraction of sp³-hybridized carbons (Fsp3) is 0.562. The van der Waals surface area contributed by atoms with Gasteiger partial charge in [-0.15, -0.1) is 6.58 Å². The Morgan fingerprint density at radius 1 is 1.50 bits per heavy atom. The van der Waals surface area contributed by atoms with Gasteiger partial charge in [0.25, 0.3) is 0 Å². The number of aryl methyl sites for hydroxylation is 1. The first-order chi connectivity index (χ1) is 8.76. The first-order valence-electron chi connectivity index (χ1n) is 7.03. The minimum atomic E-state index is 0.687. The van der Waals surface area contributed by atoms with Gasteiger partial charge < -0.3 is 4.90 Å². The molecule has 1 heterocycles. The van der Waals surface area contributed by atoms with E-state index in [4.69, 9.17) is 0 Å². The predicted octanol–water partition coefficient (Wildman–Crippen LogP) is 3.83. The first-order valence-corrected chi connectivity index (χ1v) is 7.03.